The van der Waals surface area contributed by atoms with Gasteiger partial charge in [0, 0.05) is 13.1 Å². The van der Waals surface area contributed by atoms with Crippen molar-refractivity contribution in [2.75, 3.05) is 23.3 Å². The summed E-state index contributed by atoms with van der Waals surface area (Å²) in [5.74, 6) is 1.02. The Hall–Kier alpha value is -1.14. The average Bonchev–Trinajstić information content (AvgIpc) is 2.65. The number of nitrogens with one attached hydrogen (secondary N) is 1. The fraction of sp³-hybridized carbons (Fsp3) is 0.786. The van der Waals surface area contributed by atoms with Gasteiger partial charge in [-0.1, -0.05) is 19.3 Å². The van der Waals surface area contributed by atoms with Gasteiger partial charge in [0.15, 0.2) is 0 Å². The molecule has 6 nitrogen and oxygen atoms in total. The molecule has 0 spiro atoms. The van der Waals surface area contributed by atoms with Crippen molar-refractivity contribution in [2.24, 2.45) is 0 Å². The lowest BCUT2D eigenvalue weighted by atomic mass is 10.1. The summed E-state index contributed by atoms with van der Waals surface area (Å²) in [6.45, 7) is 5.71. The molecule has 2 atom stereocenters. The lowest BCUT2D eigenvalue weighted by molar-refractivity contribution is 0.144. The van der Waals surface area contributed by atoms with Crippen LogP contribution < -0.4 is 10.2 Å². The minimum absolute atomic E-state index is 0.0180. The largest absolute Gasteiger partial charge is 0.391 e. The van der Waals surface area contributed by atoms with Crippen molar-refractivity contribution in [1.29, 1.82) is 0 Å². The van der Waals surface area contributed by atoms with Gasteiger partial charge < -0.3 is 15.3 Å². The van der Waals surface area contributed by atoms with Gasteiger partial charge in [-0.15, -0.1) is 0 Å². The molecule has 0 radical (unpaired) electrons. The van der Waals surface area contributed by atoms with E-state index < -0.39 is 0 Å². The van der Waals surface area contributed by atoms with Crippen LogP contribution in [0.3, 0.4) is 0 Å². The van der Waals surface area contributed by atoms with Crippen molar-refractivity contribution in [2.45, 2.75) is 58.1 Å². The summed E-state index contributed by atoms with van der Waals surface area (Å²) in [6.07, 6.45) is 4.72. The van der Waals surface area contributed by atoms with Crippen molar-refractivity contribution >= 4 is 23.5 Å². The van der Waals surface area contributed by atoms with Crippen LogP contribution in [0.25, 0.3) is 0 Å². The molecule has 21 heavy (non-hydrogen) atoms. The molecule has 0 aromatic carbocycles. The van der Waals surface area contributed by atoms with Crippen LogP contribution in [-0.4, -0.2) is 45.3 Å². The molecule has 2 rings (SSSR count). The maximum absolute atomic E-state index is 10.2. The van der Waals surface area contributed by atoms with Crippen LogP contribution in [0.4, 0.5) is 11.9 Å². The fourth-order valence-electron chi connectivity index (χ4n) is 2.67. The third-order valence-corrected chi connectivity index (χ3v) is 4.11. The molecular weight excluding hydrogens is 290 g/mol. The Kier molecular flexibility index (Phi) is 5.99. The summed E-state index contributed by atoms with van der Waals surface area (Å²) in [5.41, 5.74) is 0. The molecule has 1 aliphatic rings. The zero-order valence-corrected chi connectivity index (χ0v) is 13.5. The molecule has 1 aromatic heterocycles. The zero-order valence-electron chi connectivity index (χ0n) is 12.7. The van der Waals surface area contributed by atoms with Gasteiger partial charge in [0.2, 0.25) is 17.2 Å². The van der Waals surface area contributed by atoms with E-state index in [9.17, 15) is 5.11 Å². The number of anilines is 2. The number of hydrogen-bond donors (Lipinski definition) is 2. The quantitative estimate of drug-likeness (QED) is 0.814. The van der Waals surface area contributed by atoms with E-state index in [0.717, 1.165) is 45.2 Å². The monoisotopic (exact) mass is 313 g/mol. The highest BCUT2D eigenvalue weighted by Crippen LogP contribution is 2.21. The Labute approximate surface area is 131 Å². The Morgan fingerprint density at radius 1 is 1.14 bits per heavy atom. The number of aliphatic hydroxyl groups excluding tert-OH is 1. The molecule has 0 amide bonds. The van der Waals surface area contributed by atoms with Crippen LogP contribution >= 0.6 is 11.6 Å². The van der Waals surface area contributed by atoms with Gasteiger partial charge in [-0.2, -0.15) is 15.0 Å². The first kappa shape index (κ1) is 16.2. The Balaban J connectivity index is 2.15. The van der Waals surface area contributed by atoms with E-state index in [0.29, 0.717) is 11.9 Å². The summed E-state index contributed by atoms with van der Waals surface area (Å²) in [5, 5.41) is 13.6. The molecular formula is C14H24ClN5O. The van der Waals surface area contributed by atoms with E-state index in [1.54, 1.807) is 0 Å². The van der Waals surface area contributed by atoms with Gasteiger partial charge in [-0.25, -0.2) is 0 Å². The Morgan fingerprint density at radius 3 is 2.57 bits per heavy atom. The Morgan fingerprint density at radius 2 is 1.86 bits per heavy atom. The van der Waals surface area contributed by atoms with Crippen molar-refractivity contribution in [3.63, 3.8) is 0 Å². The number of rotatable bonds is 5. The smallest absolute Gasteiger partial charge is 0.231 e. The van der Waals surface area contributed by atoms with Gasteiger partial charge in [-0.3, -0.25) is 0 Å². The molecule has 2 unspecified atom stereocenters. The number of halogens is 1. The number of aliphatic hydroxyl groups is 1. The summed E-state index contributed by atoms with van der Waals surface area (Å²) in [7, 11) is 0. The van der Waals surface area contributed by atoms with Crippen molar-refractivity contribution in [1.82, 2.24) is 15.0 Å². The van der Waals surface area contributed by atoms with E-state index in [2.05, 4.69) is 20.3 Å². The standard InChI is InChI=1S/C14H24ClN5O/c1-3-20(4-2)14-18-12(15)17-13(19-14)16-10-8-6-5-7-9-11(10)21/h10-11,21H,3-9H2,1-2H3,(H,16,17,18,19). The van der Waals surface area contributed by atoms with E-state index in [1.165, 1.54) is 0 Å². The van der Waals surface area contributed by atoms with Crippen LogP contribution in [0.15, 0.2) is 0 Å². The molecule has 1 fully saturated rings. The molecule has 1 aromatic rings. The highest BCUT2D eigenvalue weighted by atomic mass is 35.5. The molecule has 0 saturated heterocycles. The van der Waals surface area contributed by atoms with Gasteiger partial charge in [0.05, 0.1) is 12.1 Å². The van der Waals surface area contributed by atoms with Crippen molar-refractivity contribution < 1.29 is 5.11 Å². The predicted molar refractivity (Wildman–Crippen MR) is 84.9 cm³/mol. The Bertz CT molecular complexity index is 455. The lowest BCUT2D eigenvalue weighted by Crippen LogP contribution is -2.33. The fourth-order valence-corrected chi connectivity index (χ4v) is 2.83. The van der Waals surface area contributed by atoms with E-state index in [1.807, 2.05) is 18.7 Å². The molecule has 0 bridgehead atoms. The first-order chi connectivity index (χ1) is 10.1. The van der Waals surface area contributed by atoms with Crippen LogP contribution in [0.1, 0.15) is 46.0 Å². The second-order valence-corrected chi connectivity index (χ2v) is 5.69. The minimum atomic E-state index is -0.361. The highest BCUT2D eigenvalue weighted by Gasteiger charge is 2.23. The van der Waals surface area contributed by atoms with Crippen LogP contribution in [-0.2, 0) is 0 Å². The SMILES string of the molecule is CCN(CC)c1nc(Cl)nc(NC2CCCCCC2O)n1. The summed E-state index contributed by atoms with van der Waals surface area (Å²) >= 11 is 6.00. The first-order valence-corrected chi connectivity index (χ1v) is 8.13. The summed E-state index contributed by atoms with van der Waals surface area (Å²) in [4.78, 5) is 14.8. The van der Waals surface area contributed by atoms with E-state index >= 15 is 0 Å². The molecule has 0 aliphatic heterocycles. The molecule has 1 saturated carbocycles. The highest BCUT2D eigenvalue weighted by molar-refractivity contribution is 6.28. The average molecular weight is 314 g/mol. The van der Waals surface area contributed by atoms with E-state index in [4.69, 9.17) is 11.6 Å². The summed E-state index contributed by atoms with van der Waals surface area (Å²) < 4.78 is 0. The van der Waals surface area contributed by atoms with Crippen LogP contribution in [0.2, 0.25) is 5.28 Å². The molecule has 118 valence electrons. The lowest BCUT2D eigenvalue weighted by Gasteiger charge is -2.23. The summed E-state index contributed by atoms with van der Waals surface area (Å²) in [6, 6.07) is -0.0180. The molecule has 1 aliphatic carbocycles. The minimum Gasteiger partial charge on any atom is -0.391 e. The van der Waals surface area contributed by atoms with Gasteiger partial charge in [0.25, 0.3) is 0 Å². The maximum atomic E-state index is 10.2. The normalized spacial score (nSPS) is 22.7. The van der Waals surface area contributed by atoms with Crippen molar-refractivity contribution in [3.05, 3.63) is 5.28 Å². The molecule has 2 N–H and O–H groups in total. The molecule has 1 heterocycles. The number of hydrogen-bond acceptors (Lipinski definition) is 6. The zero-order chi connectivity index (χ0) is 15.2. The van der Waals surface area contributed by atoms with Crippen LogP contribution in [0, 0.1) is 0 Å². The topological polar surface area (TPSA) is 74.2 Å². The third-order valence-electron chi connectivity index (χ3n) is 3.94. The van der Waals surface area contributed by atoms with Crippen LogP contribution in [0.5, 0.6) is 0 Å². The number of nitrogens with zero attached hydrogens (tertiary/aromatic N) is 4. The van der Waals surface area contributed by atoms with Crippen molar-refractivity contribution in [3.8, 4) is 0 Å². The second kappa shape index (κ2) is 7.75. The second-order valence-electron chi connectivity index (χ2n) is 5.36. The third kappa shape index (κ3) is 4.41. The number of aromatic nitrogens is 3. The predicted octanol–water partition coefficient (Wildman–Crippen LogP) is 2.48. The maximum Gasteiger partial charge on any atom is 0.231 e. The van der Waals surface area contributed by atoms with Gasteiger partial charge in [-0.05, 0) is 38.3 Å². The van der Waals surface area contributed by atoms with E-state index in [-0.39, 0.29) is 17.4 Å². The van der Waals surface area contributed by atoms with Gasteiger partial charge in [0.1, 0.15) is 0 Å². The first-order valence-electron chi connectivity index (χ1n) is 7.75. The van der Waals surface area contributed by atoms with Gasteiger partial charge >= 0.3 is 0 Å². The molecule has 7 heteroatoms.